The molecular formula is C8H20N2O2Si. The third-order valence-electron chi connectivity index (χ3n) is 2.21. The lowest BCUT2D eigenvalue weighted by atomic mass is 10.5. The van der Waals surface area contributed by atoms with Gasteiger partial charge in [-0.15, -0.1) is 0 Å². The molecule has 0 spiro atoms. The van der Waals surface area contributed by atoms with E-state index in [0.29, 0.717) is 0 Å². The van der Waals surface area contributed by atoms with E-state index in [9.17, 15) is 0 Å². The van der Waals surface area contributed by atoms with Crippen molar-refractivity contribution in [2.75, 3.05) is 32.8 Å². The fourth-order valence-corrected chi connectivity index (χ4v) is 3.70. The SMILES string of the molecule is C[Si]1(CCCN)OCCNCCO1. The van der Waals surface area contributed by atoms with Gasteiger partial charge in [0.25, 0.3) is 0 Å². The molecule has 1 heterocycles. The fraction of sp³-hybridized carbons (Fsp3) is 1.00. The van der Waals surface area contributed by atoms with Gasteiger partial charge >= 0.3 is 8.56 Å². The zero-order valence-corrected chi connectivity index (χ0v) is 9.34. The maximum atomic E-state index is 5.77. The topological polar surface area (TPSA) is 56.5 Å². The first kappa shape index (κ1) is 11.1. The Morgan fingerprint density at radius 1 is 1.31 bits per heavy atom. The Balaban J connectivity index is 2.32. The molecule has 78 valence electrons. The van der Waals surface area contributed by atoms with Gasteiger partial charge in [-0.1, -0.05) is 0 Å². The molecule has 0 aromatic carbocycles. The first-order chi connectivity index (χ1) is 6.27. The molecule has 1 fully saturated rings. The van der Waals surface area contributed by atoms with Crippen LogP contribution in [-0.2, 0) is 8.85 Å². The van der Waals surface area contributed by atoms with E-state index < -0.39 is 8.56 Å². The summed E-state index contributed by atoms with van der Waals surface area (Å²) in [4.78, 5) is 0. The second-order valence-corrected chi connectivity index (χ2v) is 6.82. The smallest absolute Gasteiger partial charge is 0.335 e. The molecular weight excluding hydrogens is 184 g/mol. The van der Waals surface area contributed by atoms with Crippen LogP contribution >= 0.6 is 0 Å². The van der Waals surface area contributed by atoms with Crippen molar-refractivity contribution in [2.45, 2.75) is 19.0 Å². The number of nitrogens with two attached hydrogens (primary N) is 1. The highest BCUT2D eigenvalue weighted by molar-refractivity contribution is 6.66. The van der Waals surface area contributed by atoms with Crippen LogP contribution in [0.1, 0.15) is 6.42 Å². The van der Waals surface area contributed by atoms with Gasteiger partial charge in [0, 0.05) is 26.3 Å². The van der Waals surface area contributed by atoms with Crippen LogP contribution in [0.25, 0.3) is 0 Å². The summed E-state index contributed by atoms with van der Waals surface area (Å²) < 4.78 is 11.5. The Labute approximate surface area is 81.0 Å². The zero-order chi connectivity index (χ0) is 9.57. The molecule has 13 heavy (non-hydrogen) atoms. The minimum absolute atomic E-state index is 0.730. The minimum Gasteiger partial charge on any atom is -0.393 e. The second-order valence-electron chi connectivity index (χ2n) is 3.47. The standard InChI is InChI=1S/C8H20N2O2Si/c1-13(8-2-3-9)11-6-4-10-5-7-12-13/h10H,2-9H2,1H3. The third-order valence-corrected chi connectivity index (χ3v) is 5.10. The summed E-state index contributed by atoms with van der Waals surface area (Å²) in [6.45, 7) is 6.28. The molecule has 0 aliphatic carbocycles. The molecule has 1 rings (SSSR count). The summed E-state index contributed by atoms with van der Waals surface area (Å²) >= 11 is 0. The molecule has 3 N–H and O–H groups in total. The number of hydrogen-bond acceptors (Lipinski definition) is 4. The van der Waals surface area contributed by atoms with E-state index >= 15 is 0 Å². The van der Waals surface area contributed by atoms with Crippen molar-refractivity contribution < 1.29 is 8.85 Å². The van der Waals surface area contributed by atoms with E-state index in [1.165, 1.54) is 0 Å². The zero-order valence-electron chi connectivity index (χ0n) is 8.34. The van der Waals surface area contributed by atoms with Gasteiger partial charge in [-0.05, 0) is 25.6 Å². The molecule has 0 bridgehead atoms. The van der Waals surface area contributed by atoms with Gasteiger partial charge in [0.2, 0.25) is 0 Å². The van der Waals surface area contributed by atoms with Gasteiger partial charge in [-0.3, -0.25) is 0 Å². The molecule has 4 nitrogen and oxygen atoms in total. The van der Waals surface area contributed by atoms with E-state index in [0.717, 1.165) is 45.3 Å². The molecule has 1 saturated heterocycles. The maximum Gasteiger partial charge on any atom is 0.335 e. The summed E-state index contributed by atoms with van der Waals surface area (Å²) in [5, 5.41) is 3.23. The Hall–Kier alpha value is 0.0569. The van der Waals surface area contributed by atoms with Crippen LogP contribution in [0.5, 0.6) is 0 Å². The Morgan fingerprint density at radius 2 is 1.92 bits per heavy atom. The van der Waals surface area contributed by atoms with Crippen LogP contribution in [0, 0.1) is 0 Å². The van der Waals surface area contributed by atoms with Crippen LogP contribution in [0.2, 0.25) is 12.6 Å². The van der Waals surface area contributed by atoms with E-state index in [2.05, 4.69) is 11.9 Å². The van der Waals surface area contributed by atoms with E-state index in [4.69, 9.17) is 14.6 Å². The molecule has 0 radical (unpaired) electrons. The lowest BCUT2D eigenvalue weighted by molar-refractivity contribution is 0.155. The number of hydrogen-bond donors (Lipinski definition) is 2. The number of nitrogens with one attached hydrogen (secondary N) is 1. The monoisotopic (exact) mass is 204 g/mol. The van der Waals surface area contributed by atoms with Crippen LogP contribution in [0.15, 0.2) is 0 Å². The van der Waals surface area contributed by atoms with E-state index in [-0.39, 0.29) is 0 Å². The predicted octanol–water partition coefficient (Wildman–Crippen LogP) is 0.0436. The van der Waals surface area contributed by atoms with Gasteiger partial charge in [0.15, 0.2) is 0 Å². The van der Waals surface area contributed by atoms with Crippen molar-refractivity contribution in [1.82, 2.24) is 5.32 Å². The number of rotatable bonds is 3. The normalized spacial score (nSPS) is 23.5. The van der Waals surface area contributed by atoms with Gasteiger partial charge < -0.3 is 19.9 Å². The Kier molecular flexibility index (Phi) is 4.90. The highest BCUT2D eigenvalue weighted by atomic mass is 28.4. The molecule has 0 aromatic heterocycles. The van der Waals surface area contributed by atoms with Crippen LogP contribution in [0.4, 0.5) is 0 Å². The van der Waals surface area contributed by atoms with Gasteiger partial charge in [-0.2, -0.15) is 0 Å². The van der Waals surface area contributed by atoms with Crippen molar-refractivity contribution in [1.29, 1.82) is 0 Å². The molecule has 0 atom stereocenters. The largest absolute Gasteiger partial charge is 0.393 e. The van der Waals surface area contributed by atoms with Crippen molar-refractivity contribution in [3.05, 3.63) is 0 Å². The van der Waals surface area contributed by atoms with Crippen molar-refractivity contribution in [2.24, 2.45) is 5.73 Å². The average molecular weight is 204 g/mol. The van der Waals surface area contributed by atoms with Crippen molar-refractivity contribution in [3.63, 3.8) is 0 Å². The Bertz CT molecular complexity index is 133. The fourth-order valence-electron chi connectivity index (χ4n) is 1.41. The van der Waals surface area contributed by atoms with Gasteiger partial charge in [0.1, 0.15) is 0 Å². The van der Waals surface area contributed by atoms with E-state index in [1.807, 2.05) is 0 Å². The van der Waals surface area contributed by atoms with E-state index in [1.54, 1.807) is 0 Å². The summed E-state index contributed by atoms with van der Waals surface area (Å²) in [6, 6.07) is 1.02. The highest BCUT2D eigenvalue weighted by Crippen LogP contribution is 2.15. The lowest BCUT2D eigenvalue weighted by Crippen LogP contribution is -2.45. The van der Waals surface area contributed by atoms with Crippen molar-refractivity contribution >= 4 is 8.56 Å². The molecule has 0 aromatic rings. The van der Waals surface area contributed by atoms with Gasteiger partial charge in [0.05, 0.1) is 0 Å². The van der Waals surface area contributed by atoms with Crippen LogP contribution < -0.4 is 11.1 Å². The summed E-state index contributed by atoms with van der Waals surface area (Å²) in [5.41, 5.74) is 5.47. The lowest BCUT2D eigenvalue weighted by Gasteiger charge is -2.29. The quantitative estimate of drug-likeness (QED) is 0.638. The van der Waals surface area contributed by atoms with Crippen LogP contribution in [0.3, 0.4) is 0 Å². The highest BCUT2D eigenvalue weighted by Gasteiger charge is 2.31. The van der Waals surface area contributed by atoms with Gasteiger partial charge in [-0.25, -0.2) is 0 Å². The minimum atomic E-state index is -1.86. The molecule has 0 unspecified atom stereocenters. The molecule has 0 saturated carbocycles. The summed E-state index contributed by atoms with van der Waals surface area (Å²) in [5.74, 6) is 0. The molecule has 5 heteroatoms. The maximum absolute atomic E-state index is 5.77. The molecule has 0 amide bonds. The Morgan fingerprint density at radius 3 is 2.46 bits per heavy atom. The summed E-state index contributed by atoms with van der Waals surface area (Å²) in [7, 11) is -1.86. The second kappa shape index (κ2) is 5.72. The van der Waals surface area contributed by atoms with Crippen LogP contribution in [-0.4, -0.2) is 41.4 Å². The molecule has 1 aliphatic rings. The third kappa shape index (κ3) is 4.19. The molecule has 1 aliphatic heterocycles. The van der Waals surface area contributed by atoms with Crippen molar-refractivity contribution in [3.8, 4) is 0 Å². The summed E-state index contributed by atoms with van der Waals surface area (Å²) in [6.07, 6.45) is 1.01. The first-order valence-corrected chi connectivity index (χ1v) is 7.48. The average Bonchev–Trinajstić information content (AvgIpc) is 2.09. The predicted molar refractivity (Wildman–Crippen MR) is 54.9 cm³/mol. The first-order valence-electron chi connectivity index (χ1n) is 4.95.